The molecular formula is C15H18N4O. The molecule has 0 spiro atoms. The van der Waals surface area contributed by atoms with Gasteiger partial charge in [0, 0.05) is 37.6 Å². The number of nitrogens with one attached hydrogen (secondary N) is 2. The lowest BCUT2D eigenvalue weighted by Crippen LogP contribution is -2.39. The standard InChI is InChI=1S/C15H18N4O/c1-19(10-11-7-17-18-8-11)15(20)13-6-12-4-2-3-5-14(12)16-9-13/h2-5,7-8,13,16H,6,9-10H2,1H3,(H,17,18). The summed E-state index contributed by atoms with van der Waals surface area (Å²) in [5.41, 5.74) is 3.38. The first-order valence-electron chi connectivity index (χ1n) is 6.78. The van der Waals surface area contributed by atoms with Crippen LogP contribution < -0.4 is 5.32 Å². The van der Waals surface area contributed by atoms with Crippen molar-refractivity contribution in [2.75, 3.05) is 18.9 Å². The number of benzene rings is 1. The summed E-state index contributed by atoms with van der Waals surface area (Å²) >= 11 is 0. The molecule has 0 fully saturated rings. The molecule has 0 saturated heterocycles. The van der Waals surface area contributed by atoms with Gasteiger partial charge in [0.15, 0.2) is 0 Å². The van der Waals surface area contributed by atoms with Crippen LogP contribution in [0.2, 0.25) is 0 Å². The average molecular weight is 270 g/mol. The van der Waals surface area contributed by atoms with Crippen LogP contribution in [-0.2, 0) is 17.8 Å². The number of carbonyl (C=O) groups is 1. The minimum absolute atomic E-state index is 0.00167. The summed E-state index contributed by atoms with van der Waals surface area (Å²) in [5, 5.41) is 10.0. The summed E-state index contributed by atoms with van der Waals surface area (Å²) in [6, 6.07) is 8.17. The zero-order chi connectivity index (χ0) is 13.9. The molecule has 0 radical (unpaired) electrons. The smallest absolute Gasteiger partial charge is 0.227 e. The number of anilines is 1. The molecule has 0 bridgehead atoms. The number of aromatic nitrogens is 2. The van der Waals surface area contributed by atoms with Crippen molar-refractivity contribution in [3.8, 4) is 0 Å². The second-order valence-corrected chi connectivity index (χ2v) is 5.24. The van der Waals surface area contributed by atoms with Crippen molar-refractivity contribution in [3.05, 3.63) is 47.8 Å². The largest absolute Gasteiger partial charge is 0.384 e. The summed E-state index contributed by atoms with van der Waals surface area (Å²) in [7, 11) is 1.84. The molecule has 104 valence electrons. The van der Waals surface area contributed by atoms with Crippen LogP contribution in [0.15, 0.2) is 36.7 Å². The van der Waals surface area contributed by atoms with Gasteiger partial charge in [-0.25, -0.2) is 0 Å². The Morgan fingerprint density at radius 2 is 2.30 bits per heavy atom. The molecule has 5 nitrogen and oxygen atoms in total. The van der Waals surface area contributed by atoms with Crippen molar-refractivity contribution in [1.82, 2.24) is 15.1 Å². The van der Waals surface area contributed by atoms with E-state index < -0.39 is 0 Å². The van der Waals surface area contributed by atoms with E-state index in [2.05, 4.69) is 27.6 Å². The molecule has 1 unspecified atom stereocenters. The fraction of sp³-hybridized carbons (Fsp3) is 0.333. The molecule has 0 saturated carbocycles. The minimum Gasteiger partial charge on any atom is -0.384 e. The zero-order valence-electron chi connectivity index (χ0n) is 11.5. The lowest BCUT2D eigenvalue weighted by molar-refractivity contribution is -0.134. The van der Waals surface area contributed by atoms with E-state index in [0.29, 0.717) is 13.1 Å². The lowest BCUT2D eigenvalue weighted by atomic mass is 9.93. The van der Waals surface area contributed by atoms with E-state index in [1.165, 1.54) is 5.56 Å². The van der Waals surface area contributed by atoms with E-state index in [-0.39, 0.29) is 11.8 Å². The van der Waals surface area contributed by atoms with Gasteiger partial charge in [-0.2, -0.15) is 5.10 Å². The summed E-state index contributed by atoms with van der Waals surface area (Å²) in [4.78, 5) is 14.3. The Morgan fingerprint density at radius 1 is 1.45 bits per heavy atom. The van der Waals surface area contributed by atoms with Crippen LogP contribution in [0, 0.1) is 5.92 Å². The van der Waals surface area contributed by atoms with Gasteiger partial charge in [-0.1, -0.05) is 18.2 Å². The normalized spacial score (nSPS) is 17.1. The SMILES string of the molecule is CN(Cc1cn[nH]c1)C(=O)C1CNc2ccccc2C1. The number of fused-ring (bicyclic) bond motifs is 1. The van der Waals surface area contributed by atoms with E-state index in [1.54, 1.807) is 11.1 Å². The average Bonchev–Trinajstić information content (AvgIpc) is 2.99. The monoisotopic (exact) mass is 270 g/mol. The predicted octanol–water partition coefficient (Wildman–Crippen LogP) is 1.65. The Kier molecular flexibility index (Phi) is 3.41. The Morgan fingerprint density at radius 3 is 3.10 bits per heavy atom. The third-order valence-electron chi connectivity index (χ3n) is 3.72. The second-order valence-electron chi connectivity index (χ2n) is 5.24. The number of H-pyrrole nitrogens is 1. The zero-order valence-corrected chi connectivity index (χ0v) is 11.5. The number of aromatic amines is 1. The van der Waals surface area contributed by atoms with Crippen LogP contribution in [0.1, 0.15) is 11.1 Å². The van der Waals surface area contributed by atoms with Crippen LogP contribution in [0.4, 0.5) is 5.69 Å². The minimum atomic E-state index is 0.00167. The van der Waals surface area contributed by atoms with Crippen molar-refractivity contribution >= 4 is 11.6 Å². The Hall–Kier alpha value is -2.30. The van der Waals surface area contributed by atoms with Crippen LogP contribution in [0.3, 0.4) is 0 Å². The fourth-order valence-electron chi connectivity index (χ4n) is 2.64. The highest BCUT2D eigenvalue weighted by Gasteiger charge is 2.26. The Labute approximate surface area is 118 Å². The van der Waals surface area contributed by atoms with Crippen molar-refractivity contribution in [1.29, 1.82) is 0 Å². The predicted molar refractivity (Wildman–Crippen MR) is 77.2 cm³/mol. The summed E-state index contributed by atoms with van der Waals surface area (Å²) in [6.07, 6.45) is 4.37. The first-order chi connectivity index (χ1) is 9.74. The lowest BCUT2D eigenvalue weighted by Gasteiger charge is -2.28. The van der Waals surface area contributed by atoms with Gasteiger partial charge in [-0.15, -0.1) is 0 Å². The molecule has 1 aromatic heterocycles. The first-order valence-corrected chi connectivity index (χ1v) is 6.78. The van der Waals surface area contributed by atoms with Gasteiger partial charge in [0.25, 0.3) is 0 Å². The summed E-state index contributed by atoms with van der Waals surface area (Å²) in [6.45, 7) is 1.29. The molecule has 5 heteroatoms. The van der Waals surface area contributed by atoms with Crippen LogP contribution in [-0.4, -0.2) is 34.6 Å². The van der Waals surface area contributed by atoms with E-state index in [0.717, 1.165) is 17.7 Å². The number of para-hydroxylation sites is 1. The van der Waals surface area contributed by atoms with Crippen LogP contribution >= 0.6 is 0 Å². The molecule has 1 atom stereocenters. The highest BCUT2D eigenvalue weighted by Crippen LogP contribution is 2.25. The van der Waals surface area contributed by atoms with Gasteiger partial charge in [-0.05, 0) is 18.1 Å². The topological polar surface area (TPSA) is 61.0 Å². The third-order valence-corrected chi connectivity index (χ3v) is 3.72. The fourth-order valence-corrected chi connectivity index (χ4v) is 2.64. The number of nitrogens with zero attached hydrogens (tertiary/aromatic N) is 2. The van der Waals surface area contributed by atoms with E-state index in [1.807, 2.05) is 25.4 Å². The maximum absolute atomic E-state index is 12.5. The van der Waals surface area contributed by atoms with Crippen molar-refractivity contribution < 1.29 is 4.79 Å². The molecule has 3 rings (SSSR count). The molecule has 20 heavy (non-hydrogen) atoms. The molecule has 1 aromatic carbocycles. The molecule has 1 aliphatic rings. The Balaban J connectivity index is 1.66. The van der Waals surface area contributed by atoms with Gasteiger partial charge < -0.3 is 10.2 Å². The van der Waals surface area contributed by atoms with Gasteiger partial charge in [0.05, 0.1) is 12.1 Å². The van der Waals surface area contributed by atoms with E-state index in [9.17, 15) is 4.79 Å². The van der Waals surface area contributed by atoms with Crippen molar-refractivity contribution in [2.24, 2.45) is 5.92 Å². The van der Waals surface area contributed by atoms with E-state index >= 15 is 0 Å². The number of hydrogen-bond donors (Lipinski definition) is 2. The van der Waals surface area contributed by atoms with Crippen LogP contribution in [0.25, 0.3) is 0 Å². The second kappa shape index (κ2) is 5.36. The summed E-state index contributed by atoms with van der Waals surface area (Å²) in [5.74, 6) is 0.176. The van der Waals surface area contributed by atoms with Crippen LogP contribution in [0.5, 0.6) is 0 Å². The van der Waals surface area contributed by atoms with E-state index in [4.69, 9.17) is 0 Å². The highest BCUT2D eigenvalue weighted by atomic mass is 16.2. The van der Waals surface area contributed by atoms with Gasteiger partial charge in [0.2, 0.25) is 5.91 Å². The van der Waals surface area contributed by atoms with Gasteiger partial charge in [-0.3, -0.25) is 9.89 Å². The first kappa shape index (κ1) is 12.7. The quantitative estimate of drug-likeness (QED) is 0.891. The number of rotatable bonds is 3. The molecule has 0 aliphatic carbocycles. The molecule has 2 aromatic rings. The van der Waals surface area contributed by atoms with Crippen molar-refractivity contribution in [3.63, 3.8) is 0 Å². The number of hydrogen-bond acceptors (Lipinski definition) is 3. The number of carbonyl (C=O) groups excluding carboxylic acids is 1. The molecule has 2 N–H and O–H groups in total. The third kappa shape index (κ3) is 2.52. The van der Waals surface area contributed by atoms with Gasteiger partial charge in [0.1, 0.15) is 0 Å². The molecule has 1 aliphatic heterocycles. The van der Waals surface area contributed by atoms with Crippen molar-refractivity contribution in [2.45, 2.75) is 13.0 Å². The summed E-state index contributed by atoms with van der Waals surface area (Å²) < 4.78 is 0. The van der Waals surface area contributed by atoms with Gasteiger partial charge >= 0.3 is 0 Å². The highest BCUT2D eigenvalue weighted by molar-refractivity contribution is 5.80. The molecule has 1 amide bonds. The molecular weight excluding hydrogens is 252 g/mol. The molecule has 2 heterocycles. The maximum Gasteiger partial charge on any atom is 0.227 e. The Bertz CT molecular complexity index is 594. The maximum atomic E-state index is 12.5. The number of amides is 1.